The number of carbonyl (C=O) groups is 2. The highest BCUT2D eigenvalue weighted by Crippen LogP contribution is 2.14. The Labute approximate surface area is 136 Å². The molecule has 1 aromatic rings. The van der Waals surface area contributed by atoms with Gasteiger partial charge in [-0.2, -0.15) is 0 Å². The van der Waals surface area contributed by atoms with Gasteiger partial charge in [-0.05, 0) is 12.0 Å². The summed E-state index contributed by atoms with van der Waals surface area (Å²) in [6.45, 7) is 9.23. The maximum absolute atomic E-state index is 12.0. The summed E-state index contributed by atoms with van der Waals surface area (Å²) in [5, 5.41) is 0. The molecular weight excluding hydrogens is 296 g/mol. The van der Waals surface area contributed by atoms with E-state index in [1.54, 1.807) is 12.3 Å². The van der Waals surface area contributed by atoms with Crippen LogP contribution in [0.15, 0.2) is 12.3 Å². The van der Waals surface area contributed by atoms with Gasteiger partial charge in [0.25, 0.3) is 0 Å². The van der Waals surface area contributed by atoms with E-state index in [2.05, 4.69) is 38.4 Å². The van der Waals surface area contributed by atoms with Crippen LogP contribution in [0.5, 0.6) is 0 Å². The average Bonchev–Trinajstić information content (AvgIpc) is 2.55. The second-order valence-electron chi connectivity index (χ2n) is 6.10. The minimum absolute atomic E-state index is 0.0671. The number of ether oxygens (including phenoxy) is 1. The number of piperazine rings is 1. The first-order chi connectivity index (χ1) is 11.0. The number of nitrogens with zero attached hydrogens (tertiary/aromatic N) is 4. The SMILES string of the molecule is COC(=O)CC(=O)c1nccc(N2CCN(CC(C)C)CC2)n1. The molecule has 1 fully saturated rings. The highest BCUT2D eigenvalue weighted by atomic mass is 16.5. The second-order valence-corrected chi connectivity index (χ2v) is 6.10. The summed E-state index contributed by atoms with van der Waals surface area (Å²) < 4.78 is 4.50. The summed E-state index contributed by atoms with van der Waals surface area (Å²) in [6, 6.07) is 1.80. The van der Waals surface area contributed by atoms with Crippen LogP contribution in [0.3, 0.4) is 0 Å². The zero-order valence-electron chi connectivity index (χ0n) is 14.0. The number of hydrogen-bond donors (Lipinski definition) is 0. The van der Waals surface area contributed by atoms with E-state index in [0.717, 1.165) is 38.5 Å². The fourth-order valence-corrected chi connectivity index (χ4v) is 2.62. The molecule has 0 saturated carbocycles. The predicted molar refractivity (Wildman–Crippen MR) is 86.5 cm³/mol. The Morgan fingerprint density at radius 2 is 1.96 bits per heavy atom. The van der Waals surface area contributed by atoms with E-state index in [1.165, 1.54) is 7.11 Å². The first-order valence-corrected chi connectivity index (χ1v) is 7.90. The van der Waals surface area contributed by atoms with E-state index in [1.807, 2.05) is 0 Å². The molecule has 0 atom stereocenters. The van der Waals surface area contributed by atoms with Crippen molar-refractivity contribution in [1.82, 2.24) is 14.9 Å². The molecular formula is C16H24N4O3. The van der Waals surface area contributed by atoms with Crippen molar-refractivity contribution >= 4 is 17.6 Å². The van der Waals surface area contributed by atoms with Crippen molar-refractivity contribution in [3.63, 3.8) is 0 Å². The molecule has 1 aliphatic rings. The van der Waals surface area contributed by atoms with E-state index in [4.69, 9.17) is 0 Å². The van der Waals surface area contributed by atoms with Gasteiger partial charge in [0.1, 0.15) is 12.2 Å². The van der Waals surface area contributed by atoms with Gasteiger partial charge in [0.05, 0.1) is 7.11 Å². The predicted octanol–water partition coefficient (Wildman–Crippen LogP) is 1.00. The van der Waals surface area contributed by atoms with Crippen LogP contribution in [0.4, 0.5) is 5.82 Å². The van der Waals surface area contributed by atoms with Gasteiger partial charge in [0, 0.05) is 38.9 Å². The van der Waals surface area contributed by atoms with Crippen LogP contribution in [-0.2, 0) is 9.53 Å². The van der Waals surface area contributed by atoms with Crippen molar-refractivity contribution < 1.29 is 14.3 Å². The summed E-state index contributed by atoms with van der Waals surface area (Å²) in [6.07, 6.45) is 1.23. The third-order valence-corrected chi connectivity index (χ3v) is 3.74. The van der Waals surface area contributed by atoms with Crippen LogP contribution < -0.4 is 4.90 Å². The summed E-state index contributed by atoms with van der Waals surface area (Å²) >= 11 is 0. The molecule has 126 valence electrons. The Kier molecular flexibility index (Phi) is 6.04. The van der Waals surface area contributed by atoms with Crippen LogP contribution >= 0.6 is 0 Å². The molecule has 7 nitrogen and oxygen atoms in total. The minimum Gasteiger partial charge on any atom is -0.469 e. The van der Waals surface area contributed by atoms with Gasteiger partial charge >= 0.3 is 5.97 Å². The summed E-state index contributed by atoms with van der Waals surface area (Å²) in [7, 11) is 1.25. The number of esters is 1. The summed E-state index contributed by atoms with van der Waals surface area (Å²) in [5.74, 6) is 0.460. The highest BCUT2D eigenvalue weighted by molar-refractivity contribution is 6.03. The van der Waals surface area contributed by atoms with E-state index in [-0.39, 0.29) is 12.2 Å². The molecule has 7 heteroatoms. The van der Waals surface area contributed by atoms with Crippen molar-refractivity contribution in [2.45, 2.75) is 20.3 Å². The number of anilines is 1. The van der Waals surface area contributed by atoms with Crippen LogP contribution in [-0.4, -0.2) is 66.5 Å². The van der Waals surface area contributed by atoms with Gasteiger partial charge in [-0.25, -0.2) is 9.97 Å². The lowest BCUT2D eigenvalue weighted by Crippen LogP contribution is -2.47. The lowest BCUT2D eigenvalue weighted by molar-refractivity contribution is -0.139. The van der Waals surface area contributed by atoms with Crippen molar-refractivity contribution in [3.8, 4) is 0 Å². The Bertz CT molecular complexity index is 554. The van der Waals surface area contributed by atoms with Gasteiger partial charge in [-0.3, -0.25) is 14.5 Å². The summed E-state index contributed by atoms with van der Waals surface area (Å²) in [5.41, 5.74) is 0. The van der Waals surface area contributed by atoms with Crippen LogP contribution in [0.2, 0.25) is 0 Å². The van der Waals surface area contributed by atoms with Crippen LogP contribution in [0, 0.1) is 5.92 Å². The second kappa shape index (κ2) is 8.01. The molecule has 0 radical (unpaired) electrons. The molecule has 0 aromatic carbocycles. The molecule has 23 heavy (non-hydrogen) atoms. The minimum atomic E-state index is -0.577. The van der Waals surface area contributed by atoms with Gasteiger partial charge in [-0.15, -0.1) is 0 Å². The zero-order chi connectivity index (χ0) is 16.8. The number of aromatic nitrogens is 2. The third kappa shape index (κ3) is 4.99. The van der Waals surface area contributed by atoms with E-state index >= 15 is 0 Å². The van der Waals surface area contributed by atoms with Crippen LogP contribution in [0.25, 0.3) is 0 Å². The van der Waals surface area contributed by atoms with E-state index in [9.17, 15) is 9.59 Å². The van der Waals surface area contributed by atoms with Gasteiger partial charge in [0.2, 0.25) is 5.78 Å². The maximum atomic E-state index is 12.0. The lowest BCUT2D eigenvalue weighted by atomic mass is 10.2. The Morgan fingerprint density at radius 1 is 1.26 bits per heavy atom. The Morgan fingerprint density at radius 3 is 2.57 bits per heavy atom. The first-order valence-electron chi connectivity index (χ1n) is 7.90. The van der Waals surface area contributed by atoms with Crippen molar-refractivity contribution in [2.24, 2.45) is 5.92 Å². The molecule has 1 saturated heterocycles. The standard InChI is InChI=1S/C16H24N4O3/c1-12(2)11-19-6-8-20(9-7-19)14-4-5-17-16(18-14)13(21)10-15(22)23-3/h4-5,12H,6-11H2,1-3H3. The number of rotatable bonds is 6. The topological polar surface area (TPSA) is 75.6 Å². The van der Waals surface area contributed by atoms with Gasteiger partial charge in [0.15, 0.2) is 5.82 Å². The molecule has 0 bridgehead atoms. The number of carbonyl (C=O) groups excluding carboxylic acids is 2. The van der Waals surface area contributed by atoms with E-state index < -0.39 is 11.8 Å². The number of Topliss-reactive ketones (excluding diaryl/α,β-unsaturated/α-hetero) is 1. The maximum Gasteiger partial charge on any atom is 0.313 e. The lowest BCUT2D eigenvalue weighted by Gasteiger charge is -2.36. The average molecular weight is 320 g/mol. The molecule has 2 rings (SSSR count). The normalized spacial score (nSPS) is 15.7. The third-order valence-electron chi connectivity index (χ3n) is 3.74. The summed E-state index contributed by atoms with van der Waals surface area (Å²) in [4.78, 5) is 36.0. The van der Waals surface area contributed by atoms with E-state index in [0.29, 0.717) is 5.92 Å². The molecule has 1 aromatic heterocycles. The molecule has 2 heterocycles. The van der Waals surface area contributed by atoms with Crippen molar-refractivity contribution in [2.75, 3.05) is 44.7 Å². The van der Waals surface area contributed by atoms with Crippen LogP contribution in [0.1, 0.15) is 30.9 Å². The Balaban J connectivity index is 1.98. The first kappa shape index (κ1) is 17.3. The largest absolute Gasteiger partial charge is 0.469 e. The Hall–Kier alpha value is -2.02. The van der Waals surface area contributed by atoms with Crippen molar-refractivity contribution in [3.05, 3.63) is 18.1 Å². The smallest absolute Gasteiger partial charge is 0.313 e. The highest BCUT2D eigenvalue weighted by Gasteiger charge is 2.20. The molecule has 0 amide bonds. The fourth-order valence-electron chi connectivity index (χ4n) is 2.62. The molecule has 0 aliphatic carbocycles. The number of ketones is 1. The van der Waals surface area contributed by atoms with Crippen molar-refractivity contribution in [1.29, 1.82) is 0 Å². The van der Waals surface area contributed by atoms with Gasteiger partial charge < -0.3 is 9.64 Å². The quantitative estimate of drug-likeness (QED) is 0.440. The number of hydrogen-bond acceptors (Lipinski definition) is 7. The molecule has 0 N–H and O–H groups in total. The van der Waals surface area contributed by atoms with Gasteiger partial charge in [-0.1, -0.05) is 13.8 Å². The monoisotopic (exact) mass is 320 g/mol. The molecule has 0 unspecified atom stereocenters. The fraction of sp³-hybridized carbons (Fsp3) is 0.625. The molecule has 0 spiro atoms. The zero-order valence-corrected chi connectivity index (χ0v) is 14.0. The number of methoxy groups -OCH3 is 1. The molecule has 1 aliphatic heterocycles.